The third-order valence-electron chi connectivity index (χ3n) is 4.25. The maximum Gasteiger partial charge on any atom is 0.262 e. The first-order valence-electron chi connectivity index (χ1n) is 7.85. The number of Topliss-reactive ketones (excluding diaryl/α,β-unsaturated/α-hetero) is 2. The molecule has 0 N–H and O–H groups in total. The number of rotatable bonds is 4. The average molecular weight is 338 g/mol. The molecule has 1 heterocycles. The molecule has 0 aromatic heterocycles. The van der Waals surface area contributed by atoms with Crippen LogP contribution in [-0.4, -0.2) is 53.9 Å². The molecule has 6 heteroatoms. The zero-order valence-electron chi connectivity index (χ0n) is 14.5. The molecule has 0 saturated heterocycles. The smallest absolute Gasteiger partial charge is 0.262 e. The van der Waals surface area contributed by atoms with E-state index in [2.05, 4.69) is 0 Å². The van der Waals surface area contributed by atoms with Crippen LogP contribution in [0.25, 0.3) is 10.8 Å². The van der Waals surface area contributed by atoms with Gasteiger partial charge in [0.1, 0.15) is 0 Å². The van der Waals surface area contributed by atoms with E-state index in [4.69, 9.17) is 0 Å². The first kappa shape index (κ1) is 17.0. The van der Waals surface area contributed by atoms with Gasteiger partial charge in [-0.1, -0.05) is 0 Å². The largest absolute Gasteiger partial charge is 0.294 e. The minimum absolute atomic E-state index is 0.195. The first-order valence-corrected chi connectivity index (χ1v) is 7.85. The van der Waals surface area contributed by atoms with E-state index < -0.39 is 0 Å². The third-order valence-corrected chi connectivity index (χ3v) is 4.25. The lowest BCUT2D eigenvalue weighted by Crippen LogP contribution is -2.37. The van der Waals surface area contributed by atoms with Crippen LogP contribution in [0, 0.1) is 0 Å². The van der Waals surface area contributed by atoms with Crippen LogP contribution >= 0.6 is 0 Å². The van der Waals surface area contributed by atoms with Gasteiger partial charge in [0.2, 0.25) is 0 Å². The van der Waals surface area contributed by atoms with Crippen molar-refractivity contribution in [2.24, 2.45) is 0 Å². The van der Waals surface area contributed by atoms with Crippen molar-refractivity contribution in [1.29, 1.82) is 0 Å². The summed E-state index contributed by atoms with van der Waals surface area (Å²) in [7, 11) is 3.55. The molecule has 2 aromatic rings. The number of fused-ring (bicyclic) bond motifs is 2. The molecule has 2 aromatic carbocycles. The van der Waals surface area contributed by atoms with Gasteiger partial charge in [0.15, 0.2) is 11.6 Å². The molecule has 3 rings (SSSR count). The molecule has 0 spiro atoms. The Morgan fingerprint density at radius 3 is 1.56 bits per heavy atom. The summed E-state index contributed by atoms with van der Waals surface area (Å²) in [6.07, 6.45) is 0. The van der Waals surface area contributed by atoms with Gasteiger partial charge in [0.05, 0.1) is 17.8 Å². The number of amides is 2. The summed E-state index contributed by atoms with van der Waals surface area (Å²) in [5.41, 5.74) is 1.29. The molecular formula is C19H18N2O4. The summed E-state index contributed by atoms with van der Waals surface area (Å²) < 4.78 is 0. The van der Waals surface area contributed by atoms with Gasteiger partial charge >= 0.3 is 0 Å². The van der Waals surface area contributed by atoms with Crippen molar-refractivity contribution in [3.8, 4) is 0 Å². The van der Waals surface area contributed by atoms with E-state index in [0.717, 1.165) is 0 Å². The van der Waals surface area contributed by atoms with Gasteiger partial charge in [-0.15, -0.1) is 0 Å². The van der Waals surface area contributed by atoms with E-state index in [-0.39, 0.29) is 30.0 Å². The maximum atomic E-state index is 12.5. The summed E-state index contributed by atoms with van der Waals surface area (Å²) in [6, 6.07) is 6.47. The predicted octanol–water partition coefficient (Wildman–Crippen LogP) is 2.36. The zero-order valence-corrected chi connectivity index (χ0v) is 14.5. The van der Waals surface area contributed by atoms with Gasteiger partial charge in [-0.3, -0.25) is 29.0 Å². The Labute approximate surface area is 145 Å². The van der Waals surface area contributed by atoms with E-state index in [1.807, 2.05) is 0 Å². The molecule has 0 unspecified atom stereocenters. The van der Waals surface area contributed by atoms with Crippen LogP contribution in [0.15, 0.2) is 24.3 Å². The molecule has 0 aliphatic carbocycles. The number of carbonyl (C=O) groups is 4. The van der Waals surface area contributed by atoms with Gasteiger partial charge < -0.3 is 0 Å². The van der Waals surface area contributed by atoms with Crippen LogP contribution in [0.4, 0.5) is 0 Å². The monoisotopic (exact) mass is 338 g/mol. The van der Waals surface area contributed by atoms with Crippen LogP contribution in [0.3, 0.4) is 0 Å². The quantitative estimate of drug-likeness (QED) is 0.632. The fourth-order valence-corrected chi connectivity index (χ4v) is 3.08. The summed E-state index contributed by atoms with van der Waals surface area (Å²) >= 11 is 0. The number of ketones is 2. The number of carbonyl (C=O) groups excluding carboxylic acids is 4. The number of imide groups is 1. The van der Waals surface area contributed by atoms with Crippen LogP contribution in [0.1, 0.15) is 55.3 Å². The molecule has 0 atom stereocenters. The van der Waals surface area contributed by atoms with Gasteiger partial charge in [0.25, 0.3) is 11.8 Å². The minimum Gasteiger partial charge on any atom is -0.294 e. The molecule has 6 nitrogen and oxygen atoms in total. The predicted molar refractivity (Wildman–Crippen MR) is 93.0 cm³/mol. The Kier molecular flexibility index (Phi) is 4.00. The third kappa shape index (κ3) is 2.74. The summed E-state index contributed by atoms with van der Waals surface area (Å²) in [4.78, 5) is 51.7. The highest BCUT2D eigenvalue weighted by molar-refractivity contribution is 6.23. The first-order chi connectivity index (χ1) is 11.7. The lowest BCUT2D eigenvalue weighted by molar-refractivity contribution is 0.0583. The van der Waals surface area contributed by atoms with Crippen molar-refractivity contribution < 1.29 is 19.2 Å². The Hall–Kier alpha value is -2.86. The summed E-state index contributed by atoms with van der Waals surface area (Å²) in [6.45, 7) is 2.99. The zero-order chi connectivity index (χ0) is 18.5. The highest BCUT2D eigenvalue weighted by Crippen LogP contribution is 2.30. The van der Waals surface area contributed by atoms with Crippen molar-refractivity contribution in [3.63, 3.8) is 0 Å². The van der Waals surface area contributed by atoms with E-state index in [9.17, 15) is 19.2 Å². The second-order valence-corrected chi connectivity index (χ2v) is 6.51. The topological polar surface area (TPSA) is 74.8 Å². The molecule has 0 fully saturated rings. The van der Waals surface area contributed by atoms with Gasteiger partial charge in [-0.2, -0.15) is 0 Å². The average Bonchev–Trinajstić information content (AvgIpc) is 2.75. The summed E-state index contributed by atoms with van der Waals surface area (Å²) in [5.74, 6) is -1.14. The number of hydrogen-bond donors (Lipinski definition) is 0. The van der Waals surface area contributed by atoms with Crippen molar-refractivity contribution in [1.82, 2.24) is 9.80 Å². The highest BCUT2D eigenvalue weighted by atomic mass is 16.2. The van der Waals surface area contributed by atoms with Crippen LogP contribution in [0.2, 0.25) is 0 Å². The van der Waals surface area contributed by atoms with E-state index in [1.165, 1.54) is 18.7 Å². The molecule has 0 saturated carbocycles. The molecule has 128 valence electrons. The Balaban J connectivity index is 2.22. The fourth-order valence-electron chi connectivity index (χ4n) is 3.08. The maximum absolute atomic E-state index is 12.5. The molecule has 0 radical (unpaired) electrons. The van der Waals surface area contributed by atoms with Gasteiger partial charge in [0, 0.05) is 11.1 Å². The lowest BCUT2D eigenvalue weighted by atomic mass is 9.94. The number of benzene rings is 2. The van der Waals surface area contributed by atoms with Crippen molar-refractivity contribution in [2.45, 2.75) is 13.8 Å². The Bertz CT molecular complexity index is 887. The van der Waals surface area contributed by atoms with Gasteiger partial charge in [-0.25, -0.2) is 0 Å². The van der Waals surface area contributed by atoms with Crippen LogP contribution in [-0.2, 0) is 0 Å². The van der Waals surface area contributed by atoms with Crippen LogP contribution in [0.5, 0.6) is 0 Å². The fraction of sp³-hybridized carbons (Fsp3) is 0.263. The van der Waals surface area contributed by atoms with Crippen LogP contribution < -0.4 is 0 Å². The number of hydrogen-bond acceptors (Lipinski definition) is 5. The van der Waals surface area contributed by atoms with E-state index in [1.54, 1.807) is 43.3 Å². The Morgan fingerprint density at radius 1 is 0.840 bits per heavy atom. The highest BCUT2D eigenvalue weighted by Gasteiger charge is 2.36. The lowest BCUT2D eigenvalue weighted by Gasteiger charge is -2.18. The normalized spacial score (nSPS) is 13.7. The summed E-state index contributed by atoms with van der Waals surface area (Å²) in [5, 5.41) is 1.31. The molecule has 0 bridgehead atoms. The van der Waals surface area contributed by atoms with Crippen molar-refractivity contribution in [3.05, 3.63) is 46.5 Å². The molecular weight excluding hydrogens is 320 g/mol. The number of nitrogens with zero attached hydrogens (tertiary/aromatic N) is 2. The van der Waals surface area contributed by atoms with Crippen molar-refractivity contribution >= 4 is 34.2 Å². The standard InChI is InChI=1S/C19H18N2O4/c1-10(22)14-5-12-7-16-17(8-13(12)6-15(14)11(2)23)19(25)21(18(16)24)9-20(3)4/h5-8H,9H2,1-4H3. The molecule has 1 aliphatic rings. The Morgan fingerprint density at radius 2 is 1.24 bits per heavy atom. The van der Waals surface area contributed by atoms with Gasteiger partial charge in [-0.05, 0) is 63.0 Å². The minimum atomic E-state index is -0.351. The van der Waals surface area contributed by atoms with E-state index in [0.29, 0.717) is 33.0 Å². The van der Waals surface area contributed by atoms with E-state index >= 15 is 0 Å². The van der Waals surface area contributed by atoms with Crippen molar-refractivity contribution in [2.75, 3.05) is 20.8 Å². The SMILES string of the molecule is CC(=O)c1cc2cc3c(cc2cc1C(C)=O)C(=O)N(CN(C)C)C3=O. The second kappa shape index (κ2) is 5.89. The molecule has 25 heavy (non-hydrogen) atoms. The molecule has 2 amide bonds. The molecule has 1 aliphatic heterocycles. The second-order valence-electron chi connectivity index (χ2n) is 6.51.